The van der Waals surface area contributed by atoms with Crippen molar-refractivity contribution in [1.82, 2.24) is 14.2 Å². The molecule has 1 saturated heterocycles. The Labute approximate surface area is 163 Å². The summed E-state index contributed by atoms with van der Waals surface area (Å²) in [7, 11) is -3.48. The molecule has 0 amide bonds. The molecule has 0 spiro atoms. The lowest BCUT2D eigenvalue weighted by atomic mass is 9.95. The molecule has 0 aliphatic carbocycles. The largest absolute Gasteiger partial charge is 0.296 e. The van der Waals surface area contributed by atoms with E-state index >= 15 is 0 Å². The number of hydrogen-bond acceptors (Lipinski definition) is 4. The van der Waals surface area contributed by atoms with Gasteiger partial charge < -0.3 is 0 Å². The monoisotopic (exact) mass is 387 g/mol. The second kappa shape index (κ2) is 7.70. The van der Waals surface area contributed by atoms with Crippen LogP contribution in [0.15, 0.2) is 29.4 Å². The van der Waals surface area contributed by atoms with Crippen molar-refractivity contribution in [3.05, 3.63) is 57.9 Å². The highest BCUT2D eigenvalue weighted by atomic mass is 32.2. The summed E-state index contributed by atoms with van der Waals surface area (Å²) in [5, 5.41) is 0. The van der Waals surface area contributed by atoms with E-state index < -0.39 is 10.0 Å². The number of nitrogens with zero attached hydrogens (tertiary/aromatic N) is 3. The number of piperazine rings is 1. The number of pyridine rings is 1. The summed E-state index contributed by atoms with van der Waals surface area (Å²) in [5.41, 5.74) is 6.31. The van der Waals surface area contributed by atoms with Crippen molar-refractivity contribution < 1.29 is 8.42 Å². The zero-order chi connectivity index (χ0) is 19.8. The van der Waals surface area contributed by atoms with Crippen LogP contribution in [0, 0.1) is 34.6 Å². The Kier molecular flexibility index (Phi) is 5.70. The molecule has 27 heavy (non-hydrogen) atoms. The zero-order valence-electron chi connectivity index (χ0n) is 16.9. The third-order valence-corrected chi connectivity index (χ3v) is 8.19. The summed E-state index contributed by atoms with van der Waals surface area (Å²) in [6.07, 6.45) is 3.59. The SMILES string of the molecule is Cc1c(C)c(C)c(S(=O)(=O)N2CCN(Cc3ccncc3)CC2)c(C)c1C. The van der Waals surface area contributed by atoms with Gasteiger partial charge in [-0.05, 0) is 80.1 Å². The molecule has 0 N–H and O–H groups in total. The predicted molar refractivity (Wildman–Crippen MR) is 108 cm³/mol. The van der Waals surface area contributed by atoms with E-state index in [2.05, 4.69) is 16.8 Å². The molecular formula is C21H29N3O2S. The van der Waals surface area contributed by atoms with Crippen molar-refractivity contribution in [1.29, 1.82) is 0 Å². The van der Waals surface area contributed by atoms with Crippen LogP contribution in [0.1, 0.15) is 33.4 Å². The second-order valence-corrected chi connectivity index (χ2v) is 9.36. The Bertz CT molecular complexity index is 903. The number of sulfonamides is 1. The molecule has 1 aliphatic rings. The maximum atomic E-state index is 13.4. The van der Waals surface area contributed by atoms with Gasteiger partial charge in [0.15, 0.2) is 0 Å². The van der Waals surface area contributed by atoms with Crippen LogP contribution >= 0.6 is 0 Å². The minimum Gasteiger partial charge on any atom is -0.296 e. The minimum atomic E-state index is -3.48. The summed E-state index contributed by atoms with van der Waals surface area (Å²) >= 11 is 0. The Hall–Kier alpha value is -1.76. The fourth-order valence-electron chi connectivity index (χ4n) is 3.86. The first-order valence-electron chi connectivity index (χ1n) is 9.42. The first-order chi connectivity index (χ1) is 12.7. The molecule has 2 aromatic rings. The molecule has 1 fully saturated rings. The fraction of sp³-hybridized carbons (Fsp3) is 0.476. The van der Waals surface area contributed by atoms with Crippen LogP contribution < -0.4 is 0 Å². The van der Waals surface area contributed by atoms with Crippen LogP contribution in [-0.4, -0.2) is 48.8 Å². The van der Waals surface area contributed by atoms with Crippen LogP contribution in [0.4, 0.5) is 0 Å². The van der Waals surface area contributed by atoms with E-state index in [4.69, 9.17) is 0 Å². The van der Waals surface area contributed by atoms with E-state index in [1.165, 1.54) is 11.1 Å². The van der Waals surface area contributed by atoms with Gasteiger partial charge in [0.1, 0.15) is 0 Å². The highest BCUT2D eigenvalue weighted by Crippen LogP contribution is 2.32. The third-order valence-electron chi connectivity index (χ3n) is 6.02. The maximum absolute atomic E-state index is 13.4. The van der Waals surface area contributed by atoms with Crippen molar-refractivity contribution in [2.45, 2.75) is 46.1 Å². The van der Waals surface area contributed by atoms with E-state index in [9.17, 15) is 8.42 Å². The second-order valence-electron chi connectivity index (χ2n) is 7.49. The molecule has 0 unspecified atom stereocenters. The van der Waals surface area contributed by atoms with E-state index in [0.29, 0.717) is 18.0 Å². The van der Waals surface area contributed by atoms with E-state index in [-0.39, 0.29) is 0 Å². The molecule has 5 nitrogen and oxygen atoms in total. The average molecular weight is 388 g/mol. The van der Waals surface area contributed by atoms with E-state index in [1.807, 2.05) is 39.8 Å². The molecule has 0 atom stereocenters. The maximum Gasteiger partial charge on any atom is 0.243 e. The lowest BCUT2D eigenvalue weighted by Crippen LogP contribution is -2.48. The summed E-state index contributed by atoms with van der Waals surface area (Å²) < 4.78 is 28.5. The summed E-state index contributed by atoms with van der Waals surface area (Å²) in [6.45, 7) is 13.3. The van der Waals surface area contributed by atoms with Gasteiger partial charge in [-0.25, -0.2) is 8.42 Å². The van der Waals surface area contributed by atoms with Crippen LogP contribution in [0.3, 0.4) is 0 Å². The molecule has 6 heteroatoms. The normalized spacial score (nSPS) is 16.6. The number of hydrogen-bond donors (Lipinski definition) is 0. The standard InChI is InChI=1S/C21H29N3O2S/c1-15-16(2)18(4)21(19(5)17(15)3)27(25,26)24-12-10-23(11-13-24)14-20-6-8-22-9-7-20/h6-9H,10-14H2,1-5H3. The molecule has 1 aliphatic heterocycles. The first kappa shape index (κ1) is 20.0. The van der Waals surface area contributed by atoms with E-state index in [0.717, 1.165) is 41.9 Å². The number of benzene rings is 1. The van der Waals surface area contributed by atoms with Crippen LogP contribution in [-0.2, 0) is 16.6 Å². The van der Waals surface area contributed by atoms with Gasteiger partial charge in [-0.15, -0.1) is 0 Å². The molecular weight excluding hydrogens is 358 g/mol. The van der Waals surface area contributed by atoms with Gasteiger partial charge in [0.05, 0.1) is 4.90 Å². The van der Waals surface area contributed by atoms with Gasteiger partial charge in [-0.3, -0.25) is 9.88 Å². The Morgan fingerprint density at radius 2 is 1.30 bits per heavy atom. The molecule has 146 valence electrons. The van der Waals surface area contributed by atoms with Gasteiger partial charge in [-0.1, -0.05) is 0 Å². The quantitative estimate of drug-likeness (QED) is 0.809. The van der Waals surface area contributed by atoms with Gasteiger partial charge in [0.2, 0.25) is 10.0 Å². The summed E-state index contributed by atoms with van der Waals surface area (Å²) in [4.78, 5) is 6.85. The molecule has 0 bridgehead atoms. The van der Waals surface area contributed by atoms with Gasteiger partial charge >= 0.3 is 0 Å². The van der Waals surface area contributed by atoms with Gasteiger partial charge in [-0.2, -0.15) is 4.31 Å². The Morgan fingerprint density at radius 3 is 1.81 bits per heavy atom. The first-order valence-corrected chi connectivity index (χ1v) is 10.9. The summed E-state index contributed by atoms with van der Waals surface area (Å²) in [6, 6.07) is 4.02. The minimum absolute atomic E-state index is 0.505. The molecule has 0 radical (unpaired) electrons. The number of aromatic nitrogens is 1. The van der Waals surface area contributed by atoms with Crippen LogP contribution in [0.5, 0.6) is 0 Å². The van der Waals surface area contributed by atoms with Crippen molar-refractivity contribution in [2.75, 3.05) is 26.2 Å². The molecule has 1 aromatic heterocycles. The molecule has 2 heterocycles. The van der Waals surface area contributed by atoms with Gasteiger partial charge in [0, 0.05) is 45.1 Å². The predicted octanol–water partition coefficient (Wildman–Crippen LogP) is 3.13. The zero-order valence-corrected chi connectivity index (χ0v) is 17.7. The van der Waals surface area contributed by atoms with Gasteiger partial charge in [0.25, 0.3) is 0 Å². The average Bonchev–Trinajstić information content (AvgIpc) is 2.66. The van der Waals surface area contributed by atoms with Crippen molar-refractivity contribution in [3.63, 3.8) is 0 Å². The van der Waals surface area contributed by atoms with E-state index in [1.54, 1.807) is 16.7 Å². The highest BCUT2D eigenvalue weighted by molar-refractivity contribution is 7.89. The third kappa shape index (κ3) is 3.79. The lowest BCUT2D eigenvalue weighted by Gasteiger charge is -2.35. The Morgan fingerprint density at radius 1 is 0.815 bits per heavy atom. The topological polar surface area (TPSA) is 53.5 Å². The molecule has 1 aromatic carbocycles. The molecule has 0 saturated carbocycles. The lowest BCUT2D eigenvalue weighted by molar-refractivity contribution is 0.181. The fourth-order valence-corrected chi connectivity index (χ4v) is 5.84. The van der Waals surface area contributed by atoms with Crippen molar-refractivity contribution in [3.8, 4) is 0 Å². The number of rotatable bonds is 4. The smallest absolute Gasteiger partial charge is 0.243 e. The van der Waals surface area contributed by atoms with Crippen molar-refractivity contribution in [2.24, 2.45) is 0 Å². The summed E-state index contributed by atoms with van der Waals surface area (Å²) in [5.74, 6) is 0. The van der Waals surface area contributed by atoms with Crippen LogP contribution in [0.25, 0.3) is 0 Å². The van der Waals surface area contributed by atoms with Crippen molar-refractivity contribution >= 4 is 10.0 Å². The Balaban J connectivity index is 1.80. The van der Waals surface area contributed by atoms with Crippen LogP contribution in [0.2, 0.25) is 0 Å². The molecule has 3 rings (SSSR count). The highest BCUT2D eigenvalue weighted by Gasteiger charge is 2.32.